The van der Waals surface area contributed by atoms with Crippen LogP contribution in [0, 0.1) is 10.8 Å². The first-order valence-electron chi connectivity index (χ1n) is 15.2. The number of amides is 4. The predicted molar refractivity (Wildman–Crippen MR) is 152 cm³/mol. The second-order valence-electron chi connectivity index (χ2n) is 13.9. The highest BCUT2D eigenvalue weighted by Crippen LogP contribution is 2.47. The number of Topliss-reactive ketones (excluding diaryl/α,β-unsaturated/α-hetero) is 1. The highest BCUT2D eigenvalue weighted by atomic mass is 19.3. The molecule has 0 aromatic heterocycles. The van der Waals surface area contributed by atoms with Gasteiger partial charge in [0, 0.05) is 19.0 Å². The van der Waals surface area contributed by atoms with E-state index in [1.807, 2.05) is 0 Å². The number of nitrogens with zero attached hydrogens (tertiary/aromatic N) is 1. The molecule has 2 aliphatic carbocycles. The summed E-state index contributed by atoms with van der Waals surface area (Å²) in [5.41, 5.74) is -1.04. The van der Waals surface area contributed by atoms with Crippen molar-refractivity contribution in [1.82, 2.24) is 20.9 Å². The largest absolute Gasteiger partial charge is 0.447 e. The zero-order valence-corrected chi connectivity index (χ0v) is 25.8. The van der Waals surface area contributed by atoms with Crippen LogP contribution in [0.3, 0.4) is 0 Å². The zero-order valence-electron chi connectivity index (χ0n) is 25.8. The minimum atomic E-state index is -3.10. The van der Waals surface area contributed by atoms with E-state index in [9.17, 15) is 32.8 Å². The third-order valence-electron chi connectivity index (χ3n) is 8.37. The lowest BCUT2D eigenvalue weighted by molar-refractivity contribution is -0.144. The number of halogens is 2. The molecular formula is C30H48F2N4O6. The standard InChI is InChI=1S/C30H48F2N4O6/c1-18(2)42-27(41)35-23(28(3,4)5)26(40)36-17-30(13-8-7-9-14-30)16-21(36)24(38)34-20(12-15-29(6,31)32)22(37)25(39)33-19-10-11-19/h18-21,23H,7-17H2,1-6H3,(H,33,39)(H,34,38)(H,35,41)/t20-,21-,23+/m0/s1. The maximum atomic E-state index is 14.1. The summed E-state index contributed by atoms with van der Waals surface area (Å²) in [6.07, 6.45) is 4.12. The monoisotopic (exact) mass is 598 g/mol. The van der Waals surface area contributed by atoms with Gasteiger partial charge in [0.15, 0.2) is 0 Å². The molecule has 3 N–H and O–H groups in total. The van der Waals surface area contributed by atoms with Crippen LogP contribution < -0.4 is 16.0 Å². The van der Waals surface area contributed by atoms with Gasteiger partial charge in [0.25, 0.3) is 5.91 Å². The normalized spacial score (nSPS) is 21.9. The minimum absolute atomic E-state index is 0.122. The van der Waals surface area contributed by atoms with Crippen LogP contribution in [0.2, 0.25) is 0 Å². The number of alkyl carbamates (subject to hydrolysis) is 1. The van der Waals surface area contributed by atoms with E-state index in [1.165, 1.54) is 4.90 Å². The lowest BCUT2D eigenvalue weighted by Crippen LogP contribution is -2.59. The van der Waals surface area contributed by atoms with Crippen LogP contribution in [-0.2, 0) is 23.9 Å². The fourth-order valence-electron chi connectivity index (χ4n) is 5.94. The molecule has 0 radical (unpaired) electrons. The molecule has 1 aliphatic heterocycles. The van der Waals surface area contributed by atoms with Gasteiger partial charge in [0.2, 0.25) is 23.5 Å². The van der Waals surface area contributed by atoms with Gasteiger partial charge in [-0.3, -0.25) is 19.2 Å². The lowest BCUT2D eigenvalue weighted by atomic mass is 9.72. The van der Waals surface area contributed by atoms with E-state index in [-0.39, 0.29) is 11.5 Å². The Balaban J connectivity index is 1.87. The number of nitrogens with one attached hydrogen (secondary N) is 3. The molecule has 238 valence electrons. The van der Waals surface area contributed by atoms with Crippen molar-refractivity contribution in [3.05, 3.63) is 0 Å². The molecule has 0 aromatic rings. The van der Waals surface area contributed by atoms with Crippen molar-refractivity contribution in [3.63, 3.8) is 0 Å². The molecule has 10 nitrogen and oxygen atoms in total. The highest BCUT2D eigenvalue weighted by molar-refractivity contribution is 6.38. The summed E-state index contributed by atoms with van der Waals surface area (Å²) in [7, 11) is 0. The Kier molecular flexibility index (Phi) is 10.6. The van der Waals surface area contributed by atoms with Crippen molar-refractivity contribution < 1.29 is 37.5 Å². The second kappa shape index (κ2) is 13.2. The molecule has 42 heavy (non-hydrogen) atoms. The van der Waals surface area contributed by atoms with Gasteiger partial charge in [-0.05, 0) is 70.1 Å². The van der Waals surface area contributed by atoms with Gasteiger partial charge in [-0.2, -0.15) is 0 Å². The van der Waals surface area contributed by atoms with Gasteiger partial charge in [0.1, 0.15) is 12.1 Å². The summed E-state index contributed by atoms with van der Waals surface area (Å²) < 4.78 is 32.8. The molecule has 3 fully saturated rings. The molecule has 3 rings (SSSR count). The molecule has 3 atom stereocenters. The zero-order chi connectivity index (χ0) is 31.5. The van der Waals surface area contributed by atoms with Crippen molar-refractivity contribution in [3.8, 4) is 0 Å². The lowest BCUT2D eigenvalue weighted by Gasteiger charge is -2.36. The van der Waals surface area contributed by atoms with E-state index < -0.39 is 78.0 Å². The number of alkyl halides is 2. The Bertz CT molecular complexity index is 1030. The molecule has 2 saturated carbocycles. The van der Waals surface area contributed by atoms with Crippen LogP contribution in [0.1, 0.15) is 106 Å². The minimum Gasteiger partial charge on any atom is -0.447 e. The van der Waals surface area contributed by atoms with E-state index in [4.69, 9.17) is 4.74 Å². The number of likely N-dealkylation sites (tertiary alicyclic amines) is 1. The van der Waals surface area contributed by atoms with Crippen molar-refractivity contribution in [2.45, 2.75) is 142 Å². The Morgan fingerprint density at radius 2 is 1.60 bits per heavy atom. The third-order valence-corrected chi connectivity index (χ3v) is 8.37. The number of ketones is 1. The summed E-state index contributed by atoms with van der Waals surface area (Å²) in [5.74, 6) is -6.12. The summed E-state index contributed by atoms with van der Waals surface area (Å²) in [6, 6.07) is -3.59. The van der Waals surface area contributed by atoms with Crippen molar-refractivity contribution in [2.24, 2.45) is 10.8 Å². The fourth-order valence-corrected chi connectivity index (χ4v) is 5.94. The number of carbonyl (C=O) groups is 5. The summed E-state index contributed by atoms with van der Waals surface area (Å²) in [4.78, 5) is 67.5. The van der Waals surface area contributed by atoms with Crippen molar-refractivity contribution in [1.29, 1.82) is 0 Å². The molecule has 0 unspecified atom stereocenters. The highest BCUT2D eigenvalue weighted by Gasteiger charge is 2.52. The number of hydrogen-bond acceptors (Lipinski definition) is 6. The van der Waals surface area contributed by atoms with Crippen molar-refractivity contribution in [2.75, 3.05) is 6.54 Å². The average Bonchev–Trinajstić information content (AvgIpc) is 3.61. The van der Waals surface area contributed by atoms with Crippen LogP contribution >= 0.6 is 0 Å². The Morgan fingerprint density at radius 3 is 2.12 bits per heavy atom. The van der Waals surface area contributed by atoms with E-state index in [2.05, 4.69) is 16.0 Å². The van der Waals surface area contributed by atoms with Crippen molar-refractivity contribution >= 4 is 29.6 Å². The maximum absolute atomic E-state index is 14.1. The molecule has 12 heteroatoms. The SMILES string of the molecule is CC(C)OC(=O)N[C@H](C(=O)N1CC2(CCCCC2)C[C@H]1C(=O)N[C@@H](CCC(C)(F)F)C(=O)C(=O)NC1CC1)C(C)(C)C. The molecule has 0 aromatic carbocycles. The molecule has 1 saturated heterocycles. The average molecular weight is 599 g/mol. The molecule has 1 spiro atoms. The molecule has 0 bridgehead atoms. The number of hydrogen-bond donors (Lipinski definition) is 3. The summed E-state index contributed by atoms with van der Waals surface area (Å²) in [5, 5.41) is 7.81. The number of carbonyl (C=O) groups excluding carboxylic acids is 5. The first kappa shape index (κ1) is 33.7. The van der Waals surface area contributed by atoms with Gasteiger partial charge in [0.05, 0.1) is 12.1 Å². The van der Waals surface area contributed by atoms with E-state index >= 15 is 0 Å². The smallest absolute Gasteiger partial charge is 0.408 e. The first-order valence-corrected chi connectivity index (χ1v) is 15.2. The summed E-state index contributed by atoms with van der Waals surface area (Å²) in [6.45, 7) is 9.79. The topological polar surface area (TPSA) is 134 Å². The van der Waals surface area contributed by atoms with Gasteiger partial charge in [-0.15, -0.1) is 0 Å². The van der Waals surface area contributed by atoms with E-state index in [1.54, 1.807) is 34.6 Å². The number of rotatable bonds is 11. The van der Waals surface area contributed by atoms with E-state index in [0.29, 0.717) is 13.0 Å². The van der Waals surface area contributed by atoms with Gasteiger partial charge in [-0.25, -0.2) is 13.6 Å². The van der Waals surface area contributed by atoms with E-state index in [0.717, 1.165) is 51.9 Å². The first-order chi connectivity index (χ1) is 19.4. The number of ether oxygens (including phenoxy) is 1. The van der Waals surface area contributed by atoms with Gasteiger partial charge >= 0.3 is 6.09 Å². The van der Waals surface area contributed by atoms with Crippen LogP contribution in [0.15, 0.2) is 0 Å². The fraction of sp³-hybridized carbons (Fsp3) is 0.833. The molecular weight excluding hydrogens is 550 g/mol. The summed E-state index contributed by atoms with van der Waals surface area (Å²) >= 11 is 0. The van der Waals surface area contributed by atoms with Crippen LogP contribution in [0.25, 0.3) is 0 Å². The van der Waals surface area contributed by atoms with Crippen LogP contribution in [0.4, 0.5) is 13.6 Å². The van der Waals surface area contributed by atoms with Gasteiger partial charge in [-0.1, -0.05) is 40.0 Å². The quantitative estimate of drug-likeness (QED) is 0.310. The van der Waals surface area contributed by atoms with Gasteiger partial charge < -0.3 is 25.6 Å². The predicted octanol–water partition coefficient (Wildman–Crippen LogP) is 3.86. The molecule has 4 amide bonds. The second-order valence-corrected chi connectivity index (χ2v) is 13.9. The Hall–Kier alpha value is -2.79. The maximum Gasteiger partial charge on any atom is 0.408 e. The Morgan fingerprint density at radius 1 is 0.976 bits per heavy atom. The third kappa shape index (κ3) is 9.36. The Labute approximate surface area is 247 Å². The van der Waals surface area contributed by atoms with Crippen LogP contribution in [-0.4, -0.2) is 77.2 Å². The molecule has 1 heterocycles. The van der Waals surface area contributed by atoms with Crippen LogP contribution in [0.5, 0.6) is 0 Å². The molecule has 3 aliphatic rings.